The van der Waals surface area contributed by atoms with E-state index < -0.39 is 23.5 Å². The summed E-state index contributed by atoms with van der Waals surface area (Å²) in [5, 5.41) is 12.8. The molecule has 0 saturated carbocycles. The lowest BCUT2D eigenvalue weighted by atomic mass is 10.0. The largest absolute Gasteiger partial charge is 0.492 e. The van der Waals surface area contributed by atoms with E-state index in [1.807, 2.05) is 0 Å². The smallest absolute Gasteiger partial charge is 0.420 e. The number of alkyl halides is 3. The summed E-state index contributed by atoms with van der Waals surface area (Å²) in [5.41, 5.74) is -0.698. The molecule has 2 aromatic rings. The second kappa shape index (κ2) is 5.82. The van der Waals surface area contributed by atoms with E-state index in [1.54, 1.807) is 0 Å². The Morgan fingerprint density at radius 2 is 1.83 bits per heavy atom. The summed E-state index contributed by atoms with van der Waals surface area (Å²) in [4.78, 5) is 11.0. The maximum Gasteiger partial charge on any atom is 0.420 e. The first-order chi connectivity index (χ1) is 10.7. The van der Waals surface area contributed by atoms with Crippen molar-refractivity contribution in [2.75, 3.05) is 14.2 Å². The highest BCUT2D eigenvalue weighted by molar-refractivity contribution is 5.87. The van der Waals surface area contributed by atoms with Gasteiger partial charge in [0.25, 0.3) is 0 Å². The predicted molar refractivity (Wildman–Crippen MR) is 73.7 cm³/mol. The number of methoxy groups -OCH3 is 2. The van der Waals surface area contributed by atoms with Crippen LogP contribution in [0.4, 0.5) is 13.2 Å². The van der Waals surface area contributed by atoms with Gasteiger partial charge in [0.15, 0.2) is 17.2 Å². The van der Waals surface area contributed by atoms with Crippen molar-refractivity contribution < 1.29 is 32.5 Å². The first-order valence-corrected chi connectivity index (χ1v) is 6.30. The Morgan fingerprint density at radius 3 is 2.26 bits per heavy atom. The molecule has 0 radical (unpaired) electrons. The summed E-state index contributed by atoms with van der Waals surface area (Å²) in [7, 11) is 3.78. The summed E-state index contributed by atoms with van der Waals surface area (Å²) in [6.07, 6.45) is -4.62. The summed E-state index contributed by atoms with van der Waals surface area (Å²) >= 11 is 0. The summed E-state index contributed by atoms with van der Waals surface area (Å²) < 4.78 is 50.3. The lowest BCUT2D eigenvalue weighted by Gasteiger charge is -2.18. The van der Waals surface area contributed by atoms with Crippen LogP contribution >= 0.6 is 0 Å². The molecule has 0 atom stereocenters. The van der Waals surface area contributed by atoms with Crippen LogP contribution in [-0.4, -0.2) is 35.1 Å². The molecule has 23 heavy (non-hydrogen) atoms. The molecule has 0 bridgehead atoms. The average Bonchev–Trinajstić information content (AvgIpc) is 2.86. The number of hydrogen-bond donors (Lipinski definition) is 1. The minimum absolute atomic E-state index is 0.151. The molecular formula is C14H13F3N2O4. The van der Waals surface area contributed by atoms with Gasteiger partial charge >= 0.3 is 12.1 Å². The number of rotatable bonds is 4. The molecule has 0 unspecified atom stereocenters. The van der Waals surface area contributed by atoms with Crippen molar-refractivity contribution >= 4 is 5.97 Å². The Bertz CT molecular complexity index is 753. The van der Waals surface area contributed by atoms with Crippen LogP contribution in [0.25, 0.3) is 11.3 Å². The van der Waals surface area contributed by atoms with E-state index in [0.29, 0.717) is 0 Å². The number of benzene rings is 1. The molecule has 0 aliphatic heterocycles. The zero-order valence-electron chi connectivity index (χ0n) is 12.4. The highest BCUT2D eigenvalue weighted by atomic mass is 19.4. The highest BCUT2D eigenvalue weighted by Crippen LogP contribution is 2.46. The molecular weight excluding hydrogens is 317 g/mol. The third kappa shape index (κ3) is 2.94. The molecule has 124 valence electrons. The molecule has 1 heterocycles. The molecule has 1 aromatic heterocycles. The monoisotopic (exact) mass is 330 g/mol. The zero-order chi connectivity index (χ0) is 17.4. The second-order valence-corrected chi connectivity index (χ2v) is 4.57. The van der Waals surface area contributed by atoms with Gasteiger partial charge in [-0.05, 0) is 18.2 Å². The van der Waals surface area contributed by atoms with E-state index in [0.717, 1.165) is 13.2 Å². The minimum Gasteiger partial charge on any atom is -0.492 e. The summed E-state index contributed by atoms with van der Waals surface area (Å²) in [5.74, 6) is -1.87. The van der Waals surface area contributed by atoms with Gasteiger partial charge in [-0.15, -0.1) is 0 Å². The number of aryl methyl sites for hydroxylation is 1. The van der Waals surface area contributed by atoms with Crippen molar-refractivity contribution in [3.8, 4) is 22.8 Å². The van der Waals surface area contributed by atoms with E-state index in [4.69, 9.17) is 14.6 Å². The second-order valence-electron chi connectivity index (χ2n) is 4.57. The van der Waals surface area contributed by atoms with E-state index in [2.05, 4.69) is 5.10 Å². The lowest BCUT2D eigenvalue weighted by molar-refractivity contribution is -0.138. The number of halogens is 3. The fraction of sp³-hybridized carbons (Fsp3) is 0.286. The van der Waals surface area contributed by atoms with Gasteiger partial charge < -0.3 is 14.6 Å². The molecule has 0 saturated heterocycles. The van der Waals surface area contributed by atoms with E-state index >= 15 is 0 Å². The van der Waals surface area contributed by atoms with E-state index in [-0.39, 0.29) is 22.7 Å². The quantitative estimate of drug-likeness (QED) is 0.933. The Kier molecular flexibility index (Phi) is 4.22. The first-order valence-electron chi connectivity index (χ1n) is 6.30. The number of aromatic carboxylic acids is 1. The Hall–Kier alpha value is -2.71. The molecule has 0 spiro atoms. The highest BCUT2D eigenvalue weighted by Gasteiger charge is 2.37. The molecule has 9 heteroatoms. The van der Waals surface area contributed by atoms with Crippen molar-refractivity contribution in [1.29, 1.82) is 0 Å². The van der Waals surface area contributed by atoms with Crippen LogP contribution in [0.5, 0.6) is 11.5 Å². The number of carbonyl (C=O) groups is 1. The predicted octanol–water partition coefficient (Wildman–Crippen LogP) is 2.82. The number of ether oxygens (including phenoxy) is 2. The van der Waals surface area contributed by atoms with Gasteiger partial charge in [-0.3, -0.25) is 4.68 Å². The minimum atomic E-state index is -4.62. The van der Waals surface area contributed by atoms with Gasteiger partial charge in [-0.25, -0.2) is 4.79 Å². The van der Waals surface area contributed by atoms with Crippen LogP contribution in [0.2, 0.25) is 0 Å². The SMILES string of the molecule is COc1c(-c2cc(C(=O)O)nn2C)ccc(C(F)(F)F)c1OC. The molecule has 0 fully saturated rings. The molecule has 0 amide bonds. The van der Waals surface area contributed by atoms with Gasteiger partial charge in [0.2, 0.25) is 0 Å². The molecule has 6 nitrogen and oxygen atoms in total. The van der Waals surface area contributed by atoms with Crippen molar-refractivity contribution in [2.24, 2.45) is 7.05 Å². The molecule has 0 aliphatic rings. The van der Waals surface area contributed by atoms with Crippen molar-refractivity contribution in [2.45, 2.75) is 6.18 Å². The zero-order valence-corrected chi connectivity index (χ0v) is 12.4. The summed E-state index contributed by atoms with van der Waals surface area (Å²) in [6.45, 7) is 0. The van der Waals surface area contributed by atoms with Crippen LogP contribution in [0, 0.1) is 0 Å². The number of aromatic nitrogens is 2. The van der Waals surface area contributed by atoms with Gasteiger partial charge in [0.1, 0.15) is 5.56 Å². The van der Waals surface area contributed by atoms with E-state index in [9.17, 15) is 18.0 Å². The standard InChI is InChI=1S/C14H13F3N2O4/c1-19-10(6-9(18-19)13(20)21)7-4-5-8(14(15,16)17)12(23-3)11(7)22-2/h4-6H,1-3H3,(H,20,21). The topological polar surface area (TPSA) is 73.6 Å². The lowest BCUT2D eigenvalue weighted by Crippen LogP contribution is -2.09. The number of nitrogens with zero attached hydrogens (tertiary/aromatic N) is 2. The molecule has 1 aromatic carbocycles. The Morgan fingerprint density at radius 1 is 1.22 bits per heavy atom. The van der Waals surface area contributed by atoms with Gasteiger partial charge in [0, 0.05) is 12.6 Å². The summed E-state index contributed by atoms with van der Waals surface area (Å²) in [6, 6.07) is 3.28. The third-order valence-corrected chi connectivity index (χ3v) is 3.20. The van der Waals surface area contributed by atoms with E-state index in [1.165, 1.54) is 31.0 Å². The molecule has 2 rings (SSSR count). The van der Waals surface area contributed by atoms with Gasteiger partial charge in [-0.1, -0.05) is 0 Å². The van der Waals surface area contributed by atoms with Crippen molar-refractivity contribution in [3.05, 3.63) is 29.5 Å². The van der Waals surface area contributed by atoms with Crippen molar-refractivity contribution in [3.63, 3.8) is 0 Å². The van der Waals surface area contributed by atoms with Crippen LogP contribution in [0.15, 0.2) is 18.2 Å². The Labute approximate surface area is 129 Å². The van der Waals surface area contributed by atoms with Crippen LogP contribution in [-0.2, 0) is 13.2 Å². The molecule has 0 aliphatic carbocycles. The number of carboxylic acids is 1. The number of hydrogen-bond acceptors (Lipinski definition) is 4. The van der Waals surface area contributed by atoms with Crippen molar-refractivity contribution in [1.82, 2.24) is 9.78 Å². The Balaban J connectivity index is 2.72. The third-order valence-electron chi connectivity index (χ3n) is 3.20. The first kappa shape index (κ1) is 16.7. The van der Waals surface area contributed by atoms with Gasteiger partial charge in [-0.2, -0.15) is 18.3 Å². The van der Waals surface area contributed by atoms with Crippen LogP contribution < -0.4 is 9.47 Å². The van der Waals surface area contributed by atoms with Crippen LogP contribution in [0.3, 0.4) is 0 Å². The maximum atomic E-state index is 13.0. The number of carboxylic acid groups (broad SMARTS) is 1. The fourth-order valence-electron chi connectivity index (χ4n) is 2.22. The average molecular weight is 330 g/mol. The normalized spacial score (nSPS) is 11.4. The fourth-order valence-corrected chi connectivity index (χ4v) is 2.22. The molecule has 1 N–H and O–H groups in total. The van der Waals surface area contributed by atoms with Crippen LogP contribution in [0.1, 0.15) is 16.1 Å². The maximum absolute atomic E-state index is 13.0. The van der Waals surface area contributed by atoms with Gasteiger partial charge in [0.05, 0.1) is 19.9 Å².